The van der Waals surface area contributed by atoms with Gasteiger partial charge in [-0.3, -0.25) is 10.1 Å². The van der Waals surface area contributed by atoms with Crippen LogP contribution in [-0.2, 0) is 54.5 Å². The molecule has 4 aromatic rings. The maximum Gasteiger partial charge on any atom is 0.335 e. The van der Waals surface area contributed by atoms with E-state index in [0.29, 0.717) is 6.61 Å². The Morgan fingerprint density at radius 3 is 1.79 bits per heavy atom. The van der Waals surface area contributed by atoms with Crippen LogP contribution in [0.15, 0.2) is 109 Å². The molecule has 282 valence electrons. The Bertz CT molecular complexity index is 1770. The lowest BCUT2D eigenvalue weighted by atomic mass is 9.98. The van der Waals surface area contributed by atoms with Crippen LogP contribution in [0.5, 0.6) is 0 Å². The van der Waals surface area contributed by atoms with Crippen molar-refractivity contribution in [2.75, 3.05) is 6.61 Å². The number of nitrogens with zero attached hydrogens (tertiary/aromatic N) is 1. The minimum atomic E-state index is -2.55. The van der Waals surface area contributed by atoms with Crippen LogP contribution in [0.2, 0.25) is 18.1 Å². The summed E-state index contributed by atoms with van der Waals surface area (Å²) in [6.07, 6.45) is -3.97. The lowest BCUT2D eigenvalue weighted by molar-refractivity contribution is -0.386. The number of aromatic carboxylic acids is 1. The summed E-state index contributed by atoms with van der Waals surface area (Å²) in [5.41, 5.74) is 2.54. The first-order valence-corrected chi connectivity index (χ1v) is 20.6. The number of nitro benzene ring substituents is 1. The van der Waals surface area contributed by atoms with E-state index in [9.17, 15) is 20.0 Å². The van der Waals surface area contributed by atoms with E-state index in [1.54, 1.807) is 0 Å². The number of rotatable bonds is 17. The third-order valence-corrected chi connectivity index (χ3v) is 14.2. The van der Waals surface area contributed by atoms with E-state index in [4.69, 9.17) is 28.1 Å². The first-order chi connectivity index (χ1) is 25.3. The SMILES string of the molecule is CC(C)(C)[Si](C)(C)O[C@@H]1[C@@H](OCc2ccc(C(=O)O)cc2[N+](=O)[O-])O[C@H](COCc2ccccc2)[C@@H](OCc2ccccc2)[C@@H]1OCc1ccccc1. The summed E-state index contributed by atoms with van der Waals surface area (Å²) in [7, 11) is -2.55. The van der Waals surface area contributed by atoms with Gasteiger partial charge in [0.05, 0.1) is 49.1 Å². The van der Waals surface area contributed by atoms with Gasteiger partial charge in [0.15, 0.2) is 14.6 Å². The van der Waals surface area contributed by atoms with Gasteiger partial charge >= 0.3 is 5.97 Å². The van der Waals surface area contributed by atoms with Gasteiger partial charge in [0.2, 0.25) is 0 Å². The average molecular weight is 744 g/mol. The molecule has 5 rings (SSSR count). The molecule has 0 radical (unpaired) electrons. The minimum absolute atomic E-state index is 0.125. The zero-order chi connectivity index (χ0) is 38.0. The summed E-state index contributed by atoms with van der Waals surface area (Å²) in [6, 6.07) is 33.2. The second kappa shape index (κ2) is 18.2. The molecule has 11 nitrogen and oxygen atoms in total. The molecule has 1 aliphatic heterocycles. The smallest absolute Gasteiger partial charge is 0.335 e. The second-order valence-electron chi connectivity index (χ2n) is 14.6. The highest BCUT2D eigenvalue weighted by molar-refractivity contribution is 6.74. The van der Waals surface area contributed by atoms with Crippen molar-refractivity contribution in [3.8, 4) is 0 Å². The molecule has 0 spiro atoms. The Morgan fingerprint density at radius 1 is 0.755 bits per heavy atom. The average Bonchev–Trinajstić information content (AvgIpc) is 3.14. The largest absolute Gasteiger partial charge is 0.478 e. The molecule has 12 heteroatoms. The molecule has 0 aromatic heterocycles. The fraction of sp³-hybridized carbons (Fsp3) is 0.390. The van der Waals surface area contributed by atoms with Gasteiger partial charge in [-0.25, -0.2) is 4.79 Å². The standard InChI is InChI=1S/C41H49NO10Si/c1-41(2,3)53(4,5)52-38-37(49-26-31-19-13-8-14-20-31)36(48-25-30-17-11-7-12-18-30)35(28-47-24-29-15-9-6-10-16-29)51-40(38)50-27-33-22-21-32(39(43)44)23-34(33)42(45)46/h6-23,35-38,40H,24-28H2,1-5H3,(H,43,44)/t35-,36-,37+,38+,40+/m1/s1. The lowest BCUT2D eigenvalue weighted by Gasteiger charge is -2.49. The molecule has 0 saturated carbocycles. The van der Waals surface area contributed by atoms with Crippen LogP contribution in [-0.4, -0.2) is 61.6 Å². The molecule has 0 amide bonds. The molecular weight excluding hydrogens is 695 g/mol. The van der Waals surface area contributed by atoms with E-state index >= 15 is 0 Å². The van der Waals surface area contributed by atoms with Crippen LogP contribution in [0.1, 0.15) is 53.4 Å². The van der Waals surface area contributed by atoms with Crippen molar-refractivity contribution in [2.24, 2.45) is 0 Å². The topological polar surface area (TPSA) is 136 Å². The summed E-state index contributed by atoms with van der Waals surface area (Å²) in [5, 5.41) is 21.3. The van der Waals surface area contributed by atoms with Crippen molar-refractivity contribution in [1.82, 2.24) is 0 Å². The molecular formula is C41H49NO10Si. The van der Waals surface area contributed by atoms with Crippen LogP contribution in [0.25, 0.3) is 0 Å². The van der Waals surface area contributed by atoms with Crippen molar-refractivity contribution in [3.05, 3.63) is 147 Å². The van der Waals surface area contributed by atoms with Crippen molar-refractivity contribution in [1.29, 1.82) is 0 Å². The third kappa shape index (κ3) is 10.9. The van der Waals surface area contributed by atoms with E-state index in [2.05, 4.69) is 33.9 Å². The lowest BCUT2D eigenvalue weighted by Crippen LogP contribution is -2.64. The van der Waals surface area contributed by atoms with Gasteiger partial charge in [0.1, 0.15) is 24.4 Å². The van der Waals surface area contributed by atoms with Crippen LogP contribution in [0.3, 0.4) is 0 Å². The minimum Gasteiger partial charge on any atom is -0.478 e. The highest BCUT2D eigenvalue weighted by Gasteiger charge is 2.52. The quantitative estimate of drug-likeness (QED) is 0.0639. The zero-order valence-electron chi connectivity index (χ0n) is 30.9. The number of carboxylic acids is 1. The fourth-order valence-corrected chi connectivity index (χ4v) is 7.02. The van der Waals surface area contributed by atoms with E-state index in [1.807, 2.05) is 91.0 Å². The number of benzene rings is 4. The number of nitro groups is 1. The monoisotopic (exact) mass is 743 g/mol. The Kier molecular flexibility index (Phi) is 13.7. The molecule has 1 N–H and O–H groups in total. The van der Waals surface area contributed by atoms with Gasteiger partial charge < -0.3 is 33.2 Å². The van der Waals surface area contributed by atoms with Crippen LogP contribution >= 0.6 is 0 Å². The fourth-order valence-electron chi connectivity index (χ4n) is 5.74. The Hall–Kier alpha value is -4.27. The van der Waals surface area contributed by atoms with E-state index in [1.165, 1.54) is 12.1 Å². The summed E-state index contributed by atoms with van der Waals surface area (Å²) in [4.78, 5) is 23.1. The number of carboxylic acid groups (broad SMARTS) is 1. The first-order valence-electron chi connectivity index (χ1n) is 17.7. The summed E-state index contributed by atoms with van der Waals surface area (Å²) >= 11 is 0. The molecule has 1 saturated heterocycles. The number of ether oxygens (including phenoxy) is 5. The van der Waals surface area contributed by atoms with Gasteiger partial charge in [0, 0.05) is 6.07 Å². The van der Waals surface area contributed by atoms with Gasteiger partial charge in [-0.1, -0.05) is 112 Å². The molecule has 1 fully saturated rings. The number of hydrogen-bond donors (Lipinski definition) is 1. The van der Waals surface area contributed by atoms with Gasteiger partial charge in [-0.15, -0.1) is 0 Å². The van der Waals surface area contributed by atoms with Gasteiger partial charge in [0.25, 0.3) is 5.69 Å². The molecule has 4 aromatic carbocycles. The third-order valence-electron chi connectivity index (χ3n) is 9.72. The molecule has 0 bridgehead atoms. The first kappa shape index (κ1) is 39.9. The maximum absolute atomic E-state index is 12.1. The summed E-state index contributed by atoms with van der Waals surface area (Å²) < 4.78 is 40.1. The Labute approximate surface area is 312 Å². The van der Waals surface area contributed by atoms with E-state index < -0.39 is 49.9 Å². The highest BCUT2D eigenvalue weighted by Crippen LogP contribution is 2.41. The van der Waals surface area contributed by atoms with Crippen molar-refractivity contribution in [3.63, 3.8) is 0 Å². The second-order valence-corrected chi connectivity index (χ2v) is 19.4. The van der Waals surface area contributed by atoms with Crippen molar-refractivity contribution >= 4 is 20.0 Å². The molecule has 1 heterocycles. The summed E-state index contributed by atoms with van der Waals surface area (Å²) in [6.45, 7) is 11.4. The zero-order valence-corrected chi connectivity index (χ0v) is 31.9. The van der Waals surface area contributed by atoms with E-state index in [-0.39, 0.29) is 48.3 Å². The van der Waals surface area contributed by atoms with Gasteiger partial charge in [-0.05, 0) is 47.0 Å². The van der Waals surface area contributed by atoms with Gasteiger partial charge in [-0.2, -0.15) is 0 Å². The van der Waals surface area contributed by atoms with Crippen molar-refractivity contribution in [2.45, 2.75) is 96.0 Å². The summed E-state index contributed by atoms with van der Waals surface area (Å²) in [5.74, 6) is -1.27. The predicted octanol–water partition coefficient (Wildman–Crippen LogP) is 8.31. The van der Waals surface area contributed by atoms with Crippen LogP contribution < -0.4 is 0 Å². The molecule has 0 aliphatic carbocycles. The number of carbonyl (C=O) groups is 1. The Morgan fingerprint density at radius 2 is 1.28 bits per heavy atom. The normalized spacial score (nSPS) is 20.6. The van der Waals surface area contributed by atoms with Crippen molar-refractivity contribution < 1.29 is 42.9 Å². The maximum atomic E-state index is 12.1. The molecule has 53 heavy (non-hydrogen) atoms. The highest BCUT2D eigenvalue weighted by atomic mass is 28.4. The molecule has 5 atom stereocenters. The van der Waals surface area contributed by atoms with E-state index in [0.717, 1.165) is 22.8 Å². The predicted molar refractivity (Wildman–Crippen MR) is 202 cm³/mol. The number of hydrogen-bond acceptors (Lipinski definition) is 9. The molecule has 0 unspecified atom stereocenters. The molecule has 1 aliphatic rings. The van der Waals surface area contributed by atoms with Crippen LogP contribution in [0.4, 0.5) is 5.69 Å². The van der Waals surface area contributed by atoms with Crippen LogP contribution in [0, 0.1) is 10.1 Å². The Balaban J connectivity index is 1.53.